The highest BCUT2D eigenvalue weighted by atomic mass is 32.2. The van der Waals surface area contributed by atoms with Crippen molar-refractivity contribution in [1.29, 1.82) is 0 Å². The maximum atomic E-state index is 11.0. The molecule has 0 unspecified atom stereocenters. The van der Waals surface area contributed by atoms with Gasteiger partial charge in [0.2, 0.25) is 0 Å². The molecule has 0 aliphatic carbocycles. The molecule has 7 heteroatoms. The molecule has 0 saturated heterocycles. The van der Waals surface area contributed by atoms with Crippen LogP contribution in [0.3, 0.4) is 0 Å². The normalized spacial score (nSPS) is 11.4. The molecule has 12 heavy (non-hydrogen) atoms. The van der Waals surface area contributed by atoms with Crippen LogP contribution in [0.4, 0.5) is 0 Å². The standard InChI is InChI=1S/C5H7BN2O3S/c6-5-4(2-1-3-7-5)12(10,11)8-9/h1-3,8-9H,6H2. The summed E-state index contributed by atoms with van der Waals surface area (Å²) in [6, 6.07) is 2.85. The molecule has 1 aromatic heterocycles. The first-order valence-corrected chi connectivity index (χ1v) is 4.64. The number of hydrogen-bond donors (Lipinski definition) is 2. The Labute approximate surface area is 70.9 Å². The van der Waals surface area contributed by atoms with Gasteiger partial charge in [-0.25, -0.2) is 8.42 Å². The number of aromatic nitrogens is 1. The summed E-state index contributed by atoms with van der Waals surface area (Å²) in [6.45, 7) is 0. The smallest absolute Gasteiger partial charge is 0.263 e. The van der Waals surface area contributed by atoms with Crippen molar-refractivity contribution in [2.75, 3.05) is 0 Å². The van der Waals surface area contributed by atoms with Gasteiger partial charge in [0.25, 0.3) is 10.0 Å². The predicted molar refractivity (Wildman–Crippen MR) is 44.5 cm³/mol. The van der Waals surface area contributed by atoms with Gasteiger partial charge in [-0.2, -0.15) is 0 Å². The van der Waals surface area contributed by atoms with E-state index in [4.69, 9.17) is 5.21 Å². The number of rotatable bonds is 2. The van der Waals surface area contributed by atoms with Gasteiger partial charge in [-0.15, -0.1) is 0 Å². The summed E-state index contributed by atoms with van der Waals surface area (Å²) in [7, 11) is -2.24. The highest BCUT2D eigenvalue weighted by Crippen LogP contribution is 2.00. The Morgan fingerprint density at radius 2 is 2.25 bits per heavy atom. The summed E-state index contributed by atoms with van der Waals surface area (Å²) in [5, 5.41) is 8.31. The van der Waals surface area contributed by atoms with E-state index in [1.165, 1.54) is 23.2 Å². The molecule has 0 atom stereocenters. The molecule has 1 heterocycles. The van der Waals surface area contributed by atoms with Gasteiger partial charge < -0.3 is 5.21 Å². The summed E-state index contributed by atoms with van der Waals surface area (Å²) in [5.41, 5.74) is 0.346. The highest BCUT2D eigenvalue weighted by molar-refractivity contribution is 7.89. The minimum absolute atomic E-state index is 0.0208. The van der Waals surface area contributed by atoms with E-state index in [0.29, 0.717) is 5.59 Å². The van der Waals surface area contributed by atoms with Gasteiger partial charge in [-0.3, -0.25) is 4.98 Å². The Bertz CT molecular complexity index is 378. The molecule has 1 rings (SSSR count). The fraction of sp³-hybridized carbons (Fsp3) is 0. The maximum Gasteiger partial charge on any atom is 0.263 e. The summed E-state index contributed by atoms with van der Waals surface area (Å²) in [6.07, 6.45) is 1.48. The molecule has 0 bridgehead atoms. The number of pyridine rings is 1. The van der Waals surface area contributed by atoms with Gasteiger partial charge in [0, 0.05) is 11.8 Å². The van der Waals surface area contributed by atoms with Crippen molar-refractivity contribution in [3.05, 3.63) is 18.3 Å². The van der Waals surface area contributed by atoms with E-state index < -0.39 is 10.0 Å². The van der Waals surface area contributed by atoms with E-state index in [1.54, 1.807) is 7.85 Å². The molecule has 5 nitrogen and oxygen atoms in total. The van der Waals surface area contributed by atoms with Crippen molar-refractivity contribution in [1.82, 2.24) is 9.87 Å². The second-order valence-electron chi connectivity index (χ2n) is 2.18. The number of nitrogens with zero attached hydrogens (tertiary/aromatic N) is 1. The molecule has 0 aliphatic heterocycles. The molecule has 0 aliphatic rings. The van der Waals surface area contributed by atoms with Crippen molar-refractivity contribution in [3.8, 4) is 0 Å². The first-order chi connectivity index (χ1) is 5.58. The third kappa shape index (κ3) is 1.63. The van der Waals surface area contributed by atoms with Crippen molar-refractivity contribution in [2.24, 2.45) is 0 Å². The Morgan fingerprint density at radius 3 is 2.75 bits per heavy atom. The maximum absolute atomic E-state index is 11.0. The van der Waals surface area contributed by atoms with E-state index in [0.717, 1.165) is 0 Å². The lowest BCUT2D eigenvalue weighted by molar-refractivity contribution is 0.242. The van der Waals surface area contributed by atoms with Gasteiger partial charge in [-0.05, 0) is 12.1 Å². The summed E-state index contributed by atoms with van der Waals surface area (Å²) in [5.74, 6) is 0. The van der Waals surface area contributed by atoms with Crippen molar-refractivity contribution in [3.63, 3.8) is 0 Å². The fourth-order valence-corrected chi connectivity index (χ4v) is 1.60. The lowest BCUT2D eigenvalue weighted by Crippen LogP contribution is -2.27. The van der Waals surface area contributed by atoms with Gasteiger partial charge in [-0.1, -0.05) is 4.89 Å². The number of hydrogen-bond acceptors (Lipinski definition) is 4. The first kappa shape index (κ1) is 9.18. The van der Waals surface area contributed by atoms with E-state index in [-0.39, 0.29) is 4.90 Å². The molecule has 0 aromatic carbocycles. The molecule has 0 spiro atoms. The van der Waals surface area contributed by atoms with Crippen LogP contribution in [0.25, 0.3) is 0 Å². The zero-order chi connectivity index (χ0) is 9.19. The Kier molecular flexibility index (Phi) is 2.46. The van der Waals surface area contributed by atoms with Gasteiger partial charge in [0.05, 0.1) is 4.90 Å². The van der Waals surface area contributed by atoms with Crippen molar-refractivity contribution < 1.29 is 13.6 Å². The lowest BCUT2D eigenvalue weighted by Gasteiger charge is -2.02. The van der Waals surface area contributed by atoms with Crippen LogP contribution in [0.5, 0.6) is 0 Å². The summed E-state index contributed by atoms with van der Waals surface area (Å²) in [4.78, 5) is 4.97. The van der Waals surface area contributed by atoms with Gasteiger partial charge in [0.1, 0.15) is 0 Å². The van der Waals surface area contributed by atoms with Crippen LogP contribution in [0, 0.1) is 0 Å². The van der Waals surface area contributed by atoms with Crippen LogP contribution in [-0.4, -0.2) is 26.5 Å². The molecule has 0 amide bonds. The van der Waals surface area contributed by atoms with Crippen LogP contribution < -0.4 is 10.5 Å². The van der Waals surface area contributed by atoms with Gasteiger partial charge in [0.15, 0.2) is 7.85 Å². The average molecular weight is 186 g/mol. The lowest BCUT2D eigenvalue weighted by atomic mass is 10.0. The minimum atomic E-state index is -3.79. The molecule has 64 valence electrons. The van der Waals surface area contributed by atoms with Crippen LogP contribution >= 0.6 is 0 Å². The Hall–Kier alpha value is -0.915. The highest BCUT2D eigenvalue weighted by Gasteiger charge is 2.14. The van der Waals surface area contributed by atoms with E-state index in [1.807, 2.05) is 0 Å². The second kappa shape index (κ2) is 3.22. The van der Waals surface area contributed by atoms with E-state index >= 15 is 0 Å². The summed E-state index contributed by atoms with van der Waals surface area (Å²) < 4.78 is 22.0. The largest absolute Gasteiger partial charge is 0.302 e. The average Bonchev–Trinajstić information content (AvgIpc) is 2.05. The SMILES string of the molecule is Bc1ncccc1S(=O)(=O)NO. The van der Waals surface area contributed by atoms with E-state index in [9.17, 15) is 8.42 Å². The third-order valence-corrected chi connectivity index (χ3v) is 2.62. The first-order valence-electron chi connectivity index (χ1n) is 3.15. The predicted octanol–water partition coefficient (Wildman–Crippen LogP) is -1.99. The molecule has 0 fully saturated rings. The van der Waals surface area contributed by atoms with Gasteiger partial charge >= 0.3 is 0 Å². The molecular formula is C5H7BN2O3S. The number of sulfonamides is 1. The Morgan fingerprint density at radius 1 is 1.58 bits per heavy atom. The van der Waals surface area contributed by atoms with Crippen LogP contribution in [0.1, 0.15) is 0 Å². The molecule has 0 radical (unpaired) electrons. The third-order valence-electron chi connectivity index (χ3n) is 1.37. The van der Waals surface area contributed by atoms with Crippen LogP contribution in [-0.2, 0) is 10.0 Å². The topological polar surface area (TPSA) is 79.3 Å². The zero-order valence-electron chi connectivity index (χ0n) is 6.35. The monoisotopic (exact) mass is 186 g/mol. The van der Waals surface area contributed by atoms with Crippen LogP contribution in [0.2, 0.25) is 0 Å². The quantitative estimate of drug-likeness (QED) is 0.413. The van der Waals surface area contributed by atoms with Crippen molar-refractivity contribution in [2.45, 2.75) is 4.90 Å². The molecule has 2 N–H and O–H groups in total. The molecule has 0 saturated carbocycles. The fourth-order valence-electron chi connectivity index (χ4n) is 0.803. The van der Waals surface area contributed by atoms with Crippen molar-refractivity contribution >= 4 is 23.5 Å². The molecular weight excluding hydrogens is 179 g/mol. The Balaban J connectivity index is 3.30. The summed E-state index contributed by atoms with van der Waals surface area (Å²) >= 11 is 0. The van der Waals surface area contributed by atoms with Crippen LogP contribution in [0.15, 0.2) is 23.2 Å². The second-order valence-corrected chi connectivity index (χ2v) is 3.81. The zero-order valence-corrected chi connectivity index (χ0v) is 7.17. The number of nitrogens with one attached hydrogen (secondary N) is 1. The minimum Gasteiger partial charge on any atom is -0.302 e. The van der Waals surface area contributed by atoms with E-state index in [2.05, 4.69) is 4.98 Å². The molecule has 1 aromatic rings.